The Labute approximate surface area is 215 Å². The monoisotopic (exact) mass is 512 g/mol. The average Bonchev–Trinajstić information content (AvgIpc) is 3.35. The van der Waals surface area contributed by atoms with Crippen LogP contribution < -0.4 is 21.3 Å². The first-order chi connectivity index (χ1) is 17.9. The van der Waals surface area contributed by atoms with E-state index in [4.69, 9.17) is 0 Å². The normalized spacial score (nSPS) is 15.6. The van der Waals surface area contributed by atoms with E-state index in [1.165, 1.54) is 0 Å². The van der Waals surface area contributed by atoms with Crippen LogP contribution in [0.25, 0.3) is 5.65 Å². The van der Waals surface area contributed by atoms with Crippen molar-refractivity contribution < 1.29 is 20.1 Å². The lowest BCUT2D eigenvalue weighted by atomic mass is 10.1. The largest absolute Gasteiger partial charge is 0.394 e. The van der Waals surface area contributed by atoms with Gasteiger partial charge in [0.1, 0.15) is 11.6 Å². The molecule has 0 bridgehead atoms. The number of aromatic nitrogens is 3. The van der Waals surface area contributed by atoms with Gasteiger partial charge in [0.25, 0.3) is 0 Å². The number of carbonyl (C=O) groups excluding carboxylic acids is 1. The lowest BCUT2D eigenvalue weighted by Gasteiger charge is -2.27. The number of hydrogen-bond acceptors (Lipinski definition) is 9. The van der Waals surface area contributed by atoms with Gasteiger partial charge in [0, 0.05) is 50.0 Å². The molecule has 12 heteroatoms. The van der Waals surface area contributed by atoms with Gasteiger partial charge in [0.15, 0.2) is 5.65 Å². The third-order valence-corrected chi connectivity index (χ3v) is 6.39. The van der Waals surface area contributed by atoms with Crippen LogP contribution in [0.4, 0.5) is 22.1 Å². The van der Waals surface area contributed by atoms with Crippen molar-refractivity contribution in [3.05, 3.63) is 47.7 Å². The second kappa shape index (κ2) is 12.2. The standard InChI is InChI=1S/C25H36N8O4/c1-16(2)19-13-28-33-23(11-22(31-24(19)33)30-20(14-34)21(36)15-35)27-12-17-3-5-18(6-4-17)29-25(37)32-9-7-26-8-10-32/h3-6,11,13,16,20-21,26-27,34-36H,7-10,12,14-15H2,1-2H3,(H,29,37)(H,30,31)/t20-,21+/m0/s1. The van der Waals surface area contributed by atoms with E-state index in [1.54, 1.807) is 21.7 Å². The van der Waals surface area contributed by atoms with Crippen molar-refractivity contribution in [1.82, 2.24) is 24.8 Å². The predicted molar refractivity (Wildman–Crippen MR) is 142 cm³/mol. The summed E-state index contributed by atoms with van der Waals surface area (Å²) < 4.78 is 1.72. The van der Waals surface area contributed by atoms with Gasteiger partial charge in [-0.1, -0.05) is 26.0 Å². The molecule has 1 aliphatic rings. The van der Waals surface area contributed by atoms with E-state index < -0.39 is 18.8 Å². The van der Waals surface area contributed by atoms with Gasteiger partial charge in [-0.2, -0.15) is 9.61 Å². The van der Waals surface area contributed by atoms with E-state index >= 15 is 0 Å². The fraction of sp³-hybridized carbons (Fsp3) is 0.480. The number of anilines is 3. The summed E-state index contributed by atoms with van der Waals surface area (Å²) in [6, 6.07) is 8.51. The minimum absolute atomic E-state index is 0.0984. The molecule has 3 aromatic rings. The van der Waals surface area contributed by atoms with Crippen LogP contribution in [-0.2, 0) is 6.54 Å². The molecule has 1 fully saturated rings. The van der Waals surface area contributed by atoms with Crippen LogP contribution in [0.15, 0.2) is 36.5 Å². The summed E-state index contributed by atoms with van der Waals surface area (Å²) >= 11 is 0. The lowest BCUT2D eigenvalue weighted by molar-refractivity contribution is 0.0612. The van der Waals surface area contributed by atoms with Crippen LogP contribution in [0.2, 0.25) is 0 Å². The van der Waals surface area contributed by atoms with Gasteiger partial charge in [-0.25, -0.2) is 9.78 Å². The van der Waals surface area contributed by atoms with Gasteiger partial charge in [0.2, 0.25) is 0 Å². The summed E-state index contributed by atoms with van der Waals surface area (Å²) in [5, 5.41) is 46.0. The molecule has 7 N–H and O–H groups in total. The Morgan fingerprint density at radius 3 is 2.51 bits per heavy atom. The van der Waals surface area contributed by atoms with Gasteiger partial charge in [-0.05, 0) is 23.6 Å². The molecule has 0 saturated carbocycles. The number of carbonyl (C=O) groups is 1. The molecule has 0 unspecified atom stereocenters. The molecular weight excluding hydrogens is 476 g/mol. The quantitative estimate of drug-likeness (QED) is 0.211. The number of fused-ring (bicyclic) bond motifs is 1. The van der Waals surface area contributed by atoms with Gasteiger partial charge < -0.3 is 41.5 Å². The highest BCUT2D eigenvalue weighted by Gasteiger charge is 2.20. The average molecular weight is 513 g/mol. The molecule has 0 spiro atoms. The summed E-state index contributed by atoms with van der Waals surface area (Å²) in [7, 11) is 0. The molecule has 200 valence electrons. The van der Waals surface area contributed by atoms with Crippen molar-refractivity contribution in [2.24, 2.45) is 0 Å². The van der Waals surface area contributed by atoms with E-state index in [-0.39, 0.29) is 18.6 Å². The molecule has 3 heterocycles. The Hall–Kier alpha value is -3.45. The van der Waals surface area contributed by atoms with Crippen LogP contribution in [0.1, 0.15) is 30.9 Å². The summed E-state index contributed by atoms with van der Waals surface area (Å²) in [5.74, 6) is 1.30. The Balaban J connectivity index is 1.48. The lowest BCUT2D eigenvalue weighted by Crippen LogP contribution is -2.48. The topological polar surface area (TPSA) is 159 Å². The fourth-order valence-electron chi connectivity index (χ4n) is 4.14. The summed E-state index contributed by atoms with van der Waals surface area (Å²) in [6.45, 7) is 6.73. The zero-order chi connectivity index (χ0) is 26.4. The van der Waals surface area contributed by atoms with Crippen molar-refractivity contribution in [3.63, 3.8) is 0 Å². The van der Waals surface area contributed by atoms with Crippen molar-refractivity contribution >= 4 is 29.0 Å². The molecule has 12 nitrogen and oxygen atoms in total. The van der Waals surface area contributed by atoms with E-state index in [0.717, 1.165) is 29.9 Å². The number of nitrogens with zero attached hydrogens (tertiary/aromatic N) is 4. The van der Waals surface area contributed by atoms with Crippen LogP contribution in [0.3, 0.4) is 0 Å². The van der Waals surface area contributed by atoms with E-state index in [9.17, 15) is 20.1 Å². The minimum atomic E-state index is -1.14. The first kappa shape index (κ1) is 26.6. The van der Waals surface area contributed by atoms with E-state index in [1.807, 2.05) is 24.3 Å². The number of aliphatic hydroxyl groups excluding tert-OH is 3. The maximum absolute atomic E-state index is 12.4. The fourth-order valence-corrected chi connectivity index (χ4v) is 4.14. The van der Waals surface area contributed by atoms with E-state index in [0.29, 0.717) is 36.9 Å². The first-order valence-corrected chi connectivity index (χ1v) is 12.5. The van der Waals surface area contributed by atoms with Gasteiger partial charge >= 0.3 is 6.03 Å². The highest BCUT2D eigenvalue weighted by Crippen LogP contribution is 2.25. The maximum atomic E-state index is 12.4. The van der Waals surface area contributed by atoms with Gasteiger partial charge in [-0.3, -0.25) is 0 Å². The third-order valence-electron chi connectivity index (χ3n) is 6.39. The number of urea groups is 1. The first-order valence-electron chi connectivity index (χ1n) is 12.5. The molecule has 0 radical (unpaired) electrons. The molecule has 2 aromatic heterocycles. The number of aliphatic hydroxyl groups is 3. The second-order valence-electron chi connectivity index (χ2n) is 9.42. The SMILES string of the molecule is CC(C)c1cnn2c(NCc3ccc(NC(=O)N4CCNCC4)cc3)cc(N[C@@H](CO)[C@H](O)CO)nc12. The molecular formula is C25H36N8O4. The molecule has 37 heavy (non-hydrogen) atoms. The maximum Gasteiger partial charge on any atom is 0.321 e. The van der Waals surface area contributed by atoms with Crippen LogP contribution >= 0.6 is 0 Å². The Morgan fingerprint density at radius 2 is 1.86 bits per heavy atom. The summed E-state index contributed by atoms with van der Waals surface area (Å²) in [6.07, 6.45) is 0.642. The molecule has 1 aromatic carbocycles. The zero-order valence-corrected chi connectivity index (χ0v) is 21.2. The van der Waals surface area contributed by atoms with Crippen molar-refractivity contribution in [3.8, 4) is 0 Å². The number of piperazine rings is 1. The van der Waals surface area contributed by atoms with Crippen LogP contribution in [-0.4, -0.2) is 92.4 Å². The Bertz CT molecular complexity index is 1180. The molecule has 1 saturated heterocycles. The Morgan fingerprint density at radius 1 is 1.14 bits per heavy atom. The molecule has 1 aliphatic heterocycles. The third kappa shape index (κ3) is 6.46. The Kier molecular flexibility index (Phi) is 8.77. The summed E-state index contributed by atoms with van der Waals surface area (Å²) in [5.41, 5.74) is 3.35. The summed E-state index contributed by atoms with van der Waals surface area (Å²) in [4.78, 5) is 18.9. The number of hydrogen-bond donors (Lipinski definition) is 7. The van der Waals surface area contributed by atoms with Gasteiger partial charge in [0.05, 0.1) is 31.6 Å². The minimum Gasteiger partial charge on any atom is -0.394 e. The molecule has 2 atom stereocenters. The van der Waals surface area contributed by atoms with Crippen molar-refractivity contribution in [2.75, 3.05) is 55.3 Å². The van der Waals surface area contributed by atoms with Crippen LogP contribution in [0.5, 0.6) is 0 Å². The number of nitrogens with one attached hydrogen (secondary N) is 4. The highest BCUT2D eigenvalue weighted by atomic mass is 16.3. The molecule has 4 rings (SSSR count). The second-order valence-corrected chi connectivity index (χ2v) is 9.42. The number of benzene rings is 1. The smallest absolute Gasteiger partial charge is 0.321 e. The number of amides is 2. The molecule has 0 aliphatic carbocycles. The zero-order valence-electron chi connectivity index (χ0n) is 21.2. The molecule has 2 amide bonds. The highest BCUT2D eigenvalue weighted by molar-refractivity contribution is 5.89. The number of rotatable bonds is 10. The van der Waals surface area contributed by atoms with Gasteiger partial charge in [-0.15, -0.1) is 0 Å². The van der Waals surface area contributed by atoms with E-state index in [2.05, 4.69) is 45.2 Å². The predicted octanol–water partition coefficient (Wildman–Crippen LogP) is 1.03. The van der Waals surface area contributed by atoms with Crippen LogP contribution in [0, 0.1) is 0 Å². The van der Waals surface area contributed by atoms with Crippen molar-refractivity contribution in [1.29, 1.82) is 0 Å². The van der Waals surface area contributed by atoms with Crippen molar-refractivity contribution in [2.45, 2.75) is 38.5 Å².